The molecule has 0 fully saturated rings. The Labute approximate surface area is 128 Å². The molecule has 0 saturated heterocycles. The van der Waals surface area contributed by atoms with Crippen molar-refractivity contribution in [2.24, 2.45) is 5.92 Å². The quantitative estimate of drug-likeness (QED) is 0.602. The van der Waals surface area contributed by atoms with Crippen LogP contribution in [0.25, 0.3) is 0 Å². The summed E-state index contributed by atoms with van der Waals surface area (Å²) >= 11 is 0. The molecule has 0 aliphatic rings. The summed E-state index contributed by atoms with van der Waals surface area (Å²) in [5.74, 6) is 1.63. The third-order valence-electron chi connectivity index (χ3n) is 3.07. The van der Waals surface area contributed by atoms with Crippen LogP contribution in [0.15, 0.2) is 24.3 Å². The smallest absolute Gasteiger partial charge is 0.119 e. The Hall–Kier alpha value is -1.10. The highest BCUT2D eigenvalue weighted by Gasteiger charge is 1.98. The lowest BCUT2D eigenvalue weighted by Gasteiger charge is -2.09. The molecule has 0 radical (unpaired) electrons. The van der Waals surface area contributed by atoms with Gasteiger partial charge >= 0.3 is 0 Å². The van der Waals surface area contributed by atoms with Crippen molar-refractivity contribution in [3.05, 3.63) is 29.8 Å². The van der Waals surface area contributed by atoms with Crippen molar-refractivity contribution in [2.45, 2.75) is 26.8 Å². The minimum atomic E-state index is 0.651. The number of nitrogens with one attached hydrogen (secondary N) is 1. The zero-order valence-corrected chi connectivity index (χ0v) is 13.6. The fraction of sp³-hybridized carbons (Fsp3) is 0.647. The average molecular weight is 295 g/mol. The van der Waals surface area contributed by atoms with E-state index in [1.165, 1.54) is 5.56 Å². The Morgan fingerprint density at radius 3 is 2.43 bits per heavy atom. The second-order valence-electron chi connectivity index (χ2n) is 5.46. The maximum absolute atomic E-state index is 5.70. The first kappa shape index (κ1) is 18.0. The van der Waals surface area contributed by atoms with E-state index >= 15 is 0 Å². The Morgan fingerprint density at radius 1 is 1.00 bits per heavy atom. The highest BCUT2D eigenvalue weighted by Crippen LogP contribution is 2.13. The van der Waals surface area contributed by atoms with Gasteiger partial charge in [-0.05, 0) is 30.0 Å². The highest BCUT2D eigenvalue weighted by atomic mass is 16.5. The van der Waals surface area contributed by atoms with Gasteiger partial charge in [-0.25, -0.2) is 0 Å². The summed E-state index contributed by atoms with van der Waals surface area (Å²) in [6.45, 7) is 8.90. The molecule has 0 heterocycles. The van der Waals surface area contributed by atoms with Gasteiger partial charge in [-0.1, -0.05) is 26.0 Å². The summed E-state index contributed by atoms with van der Waals surface area (Å²) in [5, 5.41) is 3.35. The first-order valence-electron chi connectivity index (χ1n) is 7.71. The van der Waals surface area contributed by atoms with Gasteiger partial charge < -0.3 is 19.5 Å². The van der Waals surface area contributed by atoms with E-state index in [1.807, 2.05) is 12.1 Å². The lowest BCUT2D eigenvalue weighted by molar-refractivity contribution is 0.0719. The molecule has 0 amide bonds. The molecule has 0 spiro atoms. The molecule has 0 saturated carbocycles. The second-order valence-corrected chi connectivity index (χ2v) is 5.46. The first-order chi connectivity index (χ1) is 10.2. The summed E-state index contributed by atoms with van der Waals surface area (Å²) < 4.78 is 16.0. The molecule has 21 heavy (non-hydrogen) atoms. The largest absolute Gasteiger partial charge is 0.494 e. The predicted molar refractivity (Wildman–Crippen MR) is 85.8 cm³/mol. The summed E-state index contributed by atoms with van der Waals surface area (Å²) in [7, 11) is 1.68. The van der Waals surface area contributed by atoms with Crippen LogP contribution in [0, 0.1) is 5.92 Å². The topological polar surface area (TPSA) is 39.7 Å². The molecule has 1 aromatic rings. The predicted octanol–water partition coefficient (Wildman–Crippen LogP) is 2.86. The van der Waals surface area contributed by atoms with Crippen LogP contribution in [0.1, 0.15) is 25.8 Å². The SMILES string of the molecule is COCCOCCNCc1ccc(OCCC(C)C)cc1. The van der Waals surface area contributed by atoms with Crippen molar-refractivity contribution in [3.63, 3.8) is 0 Å². The maximum atomic E-state index is 5.70. The van der Waals surface area contributed by atoms with Crippen LogP contribution in [0.3, 0.4) is 0 Å². The Kier molecular flexibility index (Phi) is 9.87. The molecule has 0 aromatic heterocycles. The zero-order chi connectivity index (χ0) is 15.3. The molecule has 0 aliphatic heterocycles. The number of methoxy groups -OCH3 is 1. The number of ether oxygens (including phenoxy) is 3. The van der Waals surface area contributed by atoms with E-state index in [1.54, 1.807) is 7.11 Å². The Balaban J connectivity index is 2.10. The van der Waals surface area contributed by atoms with Crippen LogP contribution in [0.2, 0.25) is 0 Å². The standard InChI is InChI=1S/C17H29NO3/c1-15(2)8-10-21-17-6-4-16(5-7-17)14-18-9-11-20-13-12-19-3/h4-7,15,18H,8-14H2,1-3H3. The second kappa shape index (κ2) is 11.5. The summed E-state index contributed by atoms with van der Waals surface area (Å²) in [6.07, 6.45) is 1.09. The van der Waals surface area contributed by atoms with Crippen LogP contribution in [0.5, 0.6) is 5.75 Å². The van der Waals surface area contributed by atoms with E-state index in [9.17, 15) is 0 Å². The Morgan fingerprint density at radius 2 is 1.76 bits per heavy atom. The van der Waals surface area contributed by atoms with Crippen molar-refractivity contribution in [1.82, 2.24) is 5.32 Å². The van der Waals surface area contributed by atoms with Crippen LogP contribution in [-0.4, -0.2) is 40.1 Å². The maximum Gasteiger partial charge on any atom is 0.119 e. The van der Waals surface area contributed by atoms with Gasteiger partial charge in [-0.2, -0.15) is 0 Å². The number of benzene rings is 1. The van der Waals surface area contributed by atoms with Crippen LogP contribution >= 0.6 is 0 Å². The lowest BCUT2D eigenvalue weighted by Crippen LogP contribution is -2.20. The van der Waals surface area contributed by atoms with Gasteiger partial charge in [-0.3, -0.25) is 0 Å². The van der Waals surface area contributed by atoms with Crippen molar-refractivity contribution in [2.75, 3.05) is 40.1 Å². The van der Waals surface area contributed by atoms with Gasteiger partial charge in [0.15, 0.2) is 0 Å². The van der Waals surface area contributed by atoms with E-state index in [0.29, 0.717) is 25.7 Å². The van der Waals surface area contributed by atoms with E-state index in [4.69, 9.17) is 14.2 Å². The lowest BCUT2D eigenvalue weighted by atomic mass is 10.1. The van der Waals surface area contributed by atoms with Crippen LogP contribution in [0.4, 0.5) is 0 Å². The van der Waals surface area contributed by atoms with Crippen molar-refractivity contribution in [3.8, 4) is 5.75 Å². The number of hydrogen-bond donors (Lipinski definition) is 1. The van der Waals surface area contributed by atoms with Gasteiger partial charge in [0, 0.05) is 20.2 Å². The molecule has 1 rings (SSSR count). The molecule has 1 N–H and O–H groups in total. The van der Waals surface area contributed by atoms with Crippen molar-refractivity contribution < 1.29 is 14.2 Å². The molecule has 0 aliphatic carbocycles. The number of hydrogen-bond acceptors (Lipinski definition) is 4. The van der Waals surface area contributed by atoms with Gasteiger partial charge in [-0.15, -0.1) is 0 Å². The molecule has 1 aromatic carbocycles. The zero-order valence-electron chi connectivity index (χ0n) is 13.6. The fourth-order valence-electron chi connectivity index (χ4n) is 1.74. The molecule has 4 nitrogen and oxygen atoms in total. The van der Waals surface area contributed by atoms with Gasteiger partial charge in [0.25, 0.3) is 0 Å². The van der Waals surface area contributed by atoms with E-state index < -0.39 is 0 Å². The summed E-state index contributed by atoms with van der Waals surface area (Å²) in [5.41, 5.74) is 1.25. The van der Waals surface area contributed by atoms with Crippen LogP contribution in [-0.2, 0) is 16.0 Å². The molecule has 0 bridgehead atoms. The molecule has 0 atom stereocenters. The summed E-state index contributed by atoms with van der Waals surface area (Å²) in [6, 6.07) is 8.27. The molecule has 0 unspecified atom stereocenters. The molecular formula is C17H29NO3. The van der Waals surface area contributed by atoms with Crippen molar-refractivity contribution >= 4 is 0 Å². The minimum absolute atomic E-state index is 0.651. The van der Waals surface area contributed by atoms with Crippen molar-refractivity contribution in [1.29, 1.82) is 0 Å². The first-order valence-corrected chi connectivity index (χ1v) is 7.71. The Bertz CT molecular complexity index is 352. The summed E-state index contributed by atoms with van der Waals surface area (Å²) in [4.78, 5) is 0. The third-order valence-corrected chi connectivity index (χ3v) is 3.07. The van der Waals surface area contributed by atoms with Gasteiger partial charge in [0.2, 0.25) is 0 Å². The molecular weight excluding hydrogens is 266 g/mol. The average Bonchev–Trinajstić information content (AvgIpc) is 2.47. The minimum Gasteiger partial charge on any atom is -0.494 e. The van der Waals surface area contributed by atoms with Gasteiger partial charge in [0.1, 0.15) is 5.75 Å². The van der Waals surface area contributed by atoms with E-state index in [2.05, 4.69) is 31.3 Å². The van der Waals surface area contributed by atoms with E-state index in [-0.39, 0.29) is 0 Å². The van der Waals surface area contributed by atoms with Crippen LogP contribution < -0.4 is 10.1 Å². The highest BCUT2D eigenvalue weighted by molar-refractivity contribution is 5.27. The van der Waals surface area contributed by atoms with Gasteiger partial charge in [0.05, 0.1) is 26.4 Å². The third kappa shape index (κ3) is 9.45. The normalized spacial score (nSPS) is 11.0. The molecule has 4 heteroatoms. The van der Waals surface area contributed by atoms with E-state index in [0.717, 1.165) is 31.9 Å². The molecule has 120 valence electrons. The monoisotopic (exact) mass is 295 g/mol. The fourth-order valence-corrected chi connectivity index (χ4v) is 1.74. The number of rotatable bonds is 12.